The summed E-state index contributed by atoms with van der Waals surface area (Å²) in [6.07, 6.45) is 0. The molecule has 0 saturated heterocycles. The van der Waals surface area contributed by atoms with Crippen LogP contribution >= 0.6 is 11.6 Å². The maximum atomic E-state index is 13.7. The lowest BCUT2D eigenvalue weighted by atomic mass is 10.1. The number of carbonyl (C=O) groups is 1. The fourth-order valence-electron chi connectivity index (χ4n) is 1.61. The Hall–Kier alpha value is -2.07. The molecule has 0 fully saturated rings. The zero-order valence-electron chi connectivity index (χ0n) is 10.7. The smallest absolute Gasteiger partial charge is 0.203 e. The maximum absolute atomic E-state index is 13.7. The van der Waals surface area contributed by atoms with Gasteiger partial charge in [-0.05, 0) is 36.4 Å². The van der Waals surface area contributed by atoms with E-state index >= 15 is 0 Å². The number of halogens is 2. The number of ether oxygens (including phenoxy) is 2. The molecule has 3 nitrogen and oxygen atoms in total. The Morgan fingerprint density at radius 1 is 1.15 bits per heavy atom. The number of hydrogen-bond donors (Lipinski definition) is 0. The Balaban J connectivity index is 2.03. The quantitative estimate of drug-likeness (QED) is 0.788. The van der Waals surface area contributed by atoms with Gasteiger partial charge in [0.05, 0.1) is 12.7 Å². The molecule has 0 aliphatic rings. The maximum Gasteiger partial charge on any atom is 0.203 e. The van der Waals surface area contributed by atoms with Crippen LogP contribution in [-0.2, 0) is 0 Å². The van der Waals surface area contributed by atoms with E-state index in [0.29, 0.717) is 16.5 Å². The second-order valence-electron chi connectivity index (χ2n) is 4.01. The second-order valence-corrected chi connectivity index (χ2v) is 4.45. The highest BCUT2D eigenvalue weighted by Crippen LogP contribution is 2.18. The Morgan fingerprint density at radius 3 is 2.40 bits per heavy atom. The van der Waals surface area contributed by atoms with Crippen molar-refractivity contribution in [2.45, 2.75) is 0 Å². The molecule has 2 aromatic rings. The fourth-order valence-corrected chi connectivity index (χ4v) is 1.73. The Morgan fingerprint density at radius 2 is 1.80 bits per heavy atom. The average Bonchev–Trinajstić information content (AvgIpc) is 2.46. The summed E-state index contributed by atoms with van der Waals surface area (Å²) < 4.78 is 23.9. The van der Waals surface area contributed by atoms with Crippen molar-refractivity contribution in [2.24, 2.45) is 0 Å². The lowest BCUT2D eigenvalue weighted by molar-refractivity contribution is 0.0917. The van der Waals surface area contributed by atoms with Crippen molar-refractivity contribution < 1.29 is 18.7 Å². The van der Waals surface area contributed by atoms with Gasteiger partial charge in [0.2, 0.25) is 5.78 Å². The van der Waals surface area contributed by atoms with Gasteiger partial charge < -0.3 is 9.47 Å². The van der Waals surface area contributed by atoms with Gasteiger partial charge in [0.15, 0.2) is 6.61 Å². The first kappa shape index (κ1) is 14.3. The van der Waals surface area contributed by atoms with E-state index in [-0.39, 0.29) is 12.2 Å². The van der Waals surface area contributed by atoms with Gasteiger partial charge in [-0.25, -0.2) is 4.39 Å². The van der Waals surface area contributed by atoms with Crippen LogP contribution in [0.2, 0.25) is 5.02 Å². The zero-order chi connectivity index (χ0) is 14.5. The summed E-state index contributed by atoms with van der Waals surface area (Å²) in [6.45, 7) is -0.245. The van der Waals surface area contributed by atoms with E-state index in [1.54, 1.807) is 24.3 Å². The van der Waals surface area contributed by atoms with E-state index in [4.69, 9.17) is 21.1 Å². The topological polar surface area (TPSA) is 35.5 Å². The third-order valence-electron chi connectivity index (χ3n) is 2.66. The molecule has 0 aromatic heterocycles. The molecule has 0 aliphatic carbocycles. The molecule has 0 radical (unpaired) electrons. The van der Waals surface area contributed by atoms with Gasteiger partial charge in [0.1, 0.15) is 17.3 Å². The summed E-state index contributed by atoms with van der Waals surface area (Å²) in [6, 6.07) is 10.6. The van der Waals surface area contributed by atoms with Crippen molar-refractivity contribution >= 4 is 17.4 Å². The van der Waals surface area contributed by atoms with Crippen LogP contribution in [0, 0.1) is 5.82 Å². The second kappa shape index (κ2) is 6.39. The molecule has 0 spiro atoms. The predicted octanol–water partition coefficient (Wildman–Crippen LogP) is 3.75. The molecular weight excluding hydrogens is 283 g/mol. The van der Waals surface area contributed by atoms with Crippen LogP contribution in [0.15, 0.2) is 42.5 Å². The molecule has 5 heteroatoms. The molecule has 104 valence electrons. The first-order chi connectivity index (χ1) is 9.60. The van der Waals surface area contributed by atoms with Crippen LogP contribution in [0.1, 0.15) is 10.4 Å². The van der Waals surface area contributed by atoms with Crippen molar-refractivity contribution in [1.29, 1.82) is 0 Å². The van der Waals surface area contributed by atoms with E-state index in [1.807, 2.05) is 0 Å². The minimum atomic E-state index is -0.631. The standard InChI is InChI=1S/C15H12ClFO3/c1-19-12-6-7-13(14(17)8-12)15(18)9-20-11-4-2-10(16)3-5-11/h2-8H,9H2,1H3. The minimum Gasteiger partial charge on any atom is -0.497 e. The van der Waals surface area contributed by atoms with Gasteiger partial charge in [0.25, 0.3) is 0 Å². The van der Waals surface area contributed by atoms with Gasteiger partial charge in [-0.15, -0.1) is 0 Å². The van der Waals surface area contributed by atoms with Crippen molar-refractivity contribution in [1.82, 2.24) is 0 Å². The van der Waals surface area contributed by atoms with Crippen LogP contribution in [0.25, 0.3) is 0 Å². The van der Waals surface area contributed by atoms with Crippen molar-refractivity contribution in [3.8, 4) is 11.5 Å². The van der Waals surface area contributed by atoms with Crippen LogP contribution in [0.4, 0.5) is 4.39 Å². The number of carbonyl (C=O) groups excluding carboxylic acids is 1. The van der Waals surface area contributed by atoms with E-state index in [0.717, 1.165) is 6.07 Å². The number of Topliss-reactive ketones (excluding diaryl/α,β-unsaturated/α-hetero) is 1. The summed E-state index contributed by atoms with van der Waals surface area (Å²) in [5, 5.41) is 0.574. The Kier molecular flexibility index (Phi) is 4.58. The molecule has 0 aliphatic heterocycles. The van der Waals surface area contributed by atoms with Crippen molar-refractivity contribution in [3.05, 3.63) is 58.9 Å². The molecule has 0 bridgehead atoms. The number of benzene rings is 2. The summed E-state index contributed by atoms with van der Waals surface area (Å²) in [4.78, 5) is 11.9. The monoisotopic (exact) mass is 294 g/mol. The Labute approximate surface area is 120 Å². The third kappa shape index (κ3) is 3.48. The highest BCUT2D eigenvalue weighted by molar-refractivity contribution is 6.30. The van der Waals surface area contributed by atoms with Gasteiger partial charge in [-0.2, -0.15) is 0 Å². The van der Waals surface area contributed by atoms with Gasteiger partial charge in [0, 0.05) is 11.1 Å². The summed E-state index contributed by atoms with van der Waals surface area (Å²) in [7, 11) is 1.43. The van der Waals surface area contributed by atoms with Gasteiger partial charge >= 0.3 is 0 Å². The van der Waals surface area contributed by atoms with Crippen LogP contribution in [-0.4, -0.2) is 19.5 Å². The van der Waals surface area contributed by atoms with Crippen molar-refractivity contribution in [3.63, 3.8) is 0 Å². The van der Waals surface area contributed by atoms with Gasteiger partial charge in [-0.3, -0.25) is 4.79 Å². The zero-order valence-corrected chi connectivity index (χ0v) is 11.5. The van der Waals surface area contributed by atoms with Crippen LogP contribution in [0.5, 0.6) is 11.5 Å². The predicted molar refractivity (Wildman–Crippen MR) is 74.2 cm³/mol. The average molecular weight is 295 g/mol. The lowest BCUT2D eigenvalue weighted by Crippen LogP contribution is -2.13. The summed E-state index contributed by atoms with van der Waals surface area (Å²) in [5.41, 5.74) is -0.0280. The van der Waals surface area contributed by atoms with Crippen LogP contribution in [0.3, 0.4) is 0 Å². The molecule has 2 aromatic carbocycles. The minimum absolute atomic E-state index is 0.0280. The van der Waals surface area contributed by atoms with E-state index in [9.17, 15) is 9.18 Å². The molecule has 0 saturated carbocycles. The lowest BCUT2D eigenvalue weighted by Gasteiger charge is -2.07. The summed E-state index contributed by atoms with van der Waals surface area (Å²) >= 11 is 5.74. The fraction of sp³-hybridized carbons (Fsp3) is 0.133. The molecular formula is C15H12ClFO3. The molecule has 2 rings (SSSR count). The van der Waals surface area contributed by atoms with E-state index in [1.165, 1.54) is 19.2 Å². The van der Waals surface area contributed by atoms with Crippen molar-refractivity contribution in [2.75, 3.05) is 13.7 Å². The summed E-state index contributed by atoms with van der Waals surface area (Å²) in [5.74, 6) is -0.219. The molecule has 0 heterocycles. The molecule has 20 heavy (non-hydrogen) atoms. The molecule has 0 amide bonds. The number of methoxy groups -OCH3 is 1. The molecule has 0 unspecified atom stereocenters. The largest absolute Gasteiger partial charge is 0.497 e. The SMILES string of the molecule is COc1ccc(C(=O)COc2ccc(Cl)cc2)c(F)c1. The normalized spacial score (nSPS) is 10.2. The highest BCUT2D eigenvalue weighted by Gasteiger charge is 2.13. The number of ketones is 1. The number of rotatable bonds is 5. The van der Waals surface area contributed by atoms with Gasteiger partial charge in [-0.1, -0.05) is 11.6 Å². The molecule has 0 atom stereocenters. The van der Waals surface area contributed by atoms with Crippen LogP contribution < -0.4 is 9.47 Å². The van der Waals surface area contributed by atoms with E-state index < -0.39 is 11.6 Å². The van der Waals surface area contributed by atoms with E-state index in [2.05, 4.69) is 0 Å². The Bertz CT molecular complexity index is 611. The first-order valence-electron chi connectivity index (χ1n) is 5.85. The third-order valence-corrected chi connectivity index (χ3v) is 2.91. The highest BCUT2D eigenvalue weighted by atomic mass is 35.5. The number of hydrogen-bond acceptors (Lipinski definition) is 3. The molecule has 0 N–H and O–H groups in total. The first-order valence-corrected chi connectivity index (χ1v) is 6.23.